The highest BCUT2D eigenvalue weighted by Crippen LogP contribution is 2.29. The normalized spacial score (nSPS) is 12.3. The van der Waals surface area contributed by atoms with Gasteiger partial charge in [-0.25, -0.2) is 9.97 Å². The van der Waals surface area contributed by atoms with Crippen molar-refractivity contribution in [2.75, 3.05) is 18.5 Å². The molecule has 0 aliphatic carbocycles. The summed E-state index contributed by atoms with van der Waals surface area (Å²) in [5.41, 5.74) is 4.74. The smallest absolute Gasteiger partial charge is 0.275 e. The number of fused-ring (bicyclic) bond motifs is 2. The third-order valence-electron chi connectivity index (χ3n) is 5.31. The number of aliphatic hydroxyl groups excluding tert-OH is 2. The van der Waals surface area contributed by atoms with Gasteiger partial charge in [0.2, 0.25) is 0 Å². The molecule has 0 saturated heterocycles. The summed E-state index contributed by atoms with van der Waals surface area (Å²) in [4.78, 5) is 27.2. The first-order valence-corrected chi connectivity index (χ1v) is 11.6. The van der Waals surface area contributed by atoms with E-state index < -0.39 is 6.10 Å². The fourth-order valence-electron chi connectivity index (χ4n) is 3.59. The fraction of sp³-hybridized carbons (Fsp3) is 0.167. The second-order valence-corrected chi connectivity index (χ2v) is 8.55. The number of benzene rings is 2. The summed E-state index contributed by atoms with van der Waals surface area (Å²) in [6, 6.07) is 14.9. The van der Waals surface area contributed by atoms with Crippen molar-refractivity contribution >= 4 is 38.9 Å². The molecule has 0 aliphatic heterocycles. The topological polar surface area (TPSA) is 125 Å². The van der Waals surface area contributed by atoms with E-state index >= 15 is 0 Å². The van der Waals surface area contributed by atoms with Crippen LogP contribution in [0.15, 0.2) is 66.3 Å². The first-order valence-electron chi connectivity index (χ1n) is 10.7. The lowest BCUT2D eigenvalue weighted by Crippen LogP contribution is -2.29. The van der Waals surface area contributed by atoms with Crippen LogP contribution in [0.3, 0.4) is 0 Å². The second kappa shape index (κ2) is 9.65. The zero-order valence-corrected chi connectivity index (χ0v) is 18.9. The number of rotatable bonds is 8. The van der Waals surface area contributed by atoms with Crippen molar-refractivity contribution < 1.29 is 15.0 Å². The average Bonchev–Trinajstić information content (AvgIpc) is 3.45. The lowest BCUT2D eigenvalue weighted by atomic mass is 10.1. The van der Waals surface area contributed by atoms with Crippen LogP contribution in [-0.2, 0) is 6.54 Å². The van der Waals surface area contributed by atoms with Crippen LogP contribution in [0.25, 0.3) is 27.3 Å². The second-order valence-electron chi connectivity index (χ2n) is 7.72. The van der Waals surface area contributed by atoms with Crippen LogP contribution in [0, 0.1) is 0 Å². The molecule has 0 radical (unpaired) electrons. The molecule has 0 aliphatic rings. The number of thiazole rings is 1. The molecule has 3 heterocycles. The number of aromatic nitrogens is 4. The van der Waals surface area contributed by atoms with Crippen molar-refractivity contribution in [2.24, 2.45) is 0 Å². The molecule has 34 heavy (non-hydrogen) atoms. The number of imidazole rings is 1. The Morgan fingerprint density at radius 3 is 2.74 bits per heavy atom. The lowest BCUT2D eigenvalue weighted by Gasteiger charge is -2.09. The van der Waals surface area contributed by atoms with Crippen LogP contribution in [0.5, 0.6) is 0 Å². The average molecular weight is 475 g/mol. The molecule has 0 bridgehead atoms. The Kier molecular flexibility index (Phi) is 6.28. The molecule has 5 aromatic rings. The molecule has 0 fully saturated rings. The number of anilines is 1. The van der Waals surface area contributed by atoms with Crippen molar-refractivity contribution in [3.05, 3.63) is 77.7 Å². The number of nitrogens with one attached hydrogen (secondary N) is 2. The molecule has 1 atom stereocenters. The largest absolute Gasteiger partial charge is 0.394 e. The maximum Gasteiger partial charge on any atom is 0.275 e. The predicted molar refractivity (Wildman–Crippen MR) is 131 cm³/mol. The maximum atomic E-state index is 12.9. The van der Waals surface area contributed by atoms with E-state index in [0.717, 1.165) is 27.4 Å². The Labute approximate surface area is 198 Å². The maximum absolute atomic E-state index is 12.9. The molecule has 0 spiro atoms. The summed E-state index contributed by atoms with van der Waals surface area (Å²) >= 11 is 1.51. The highest BCUT2D eigenvalue weighted by Gasteiger charge is 2.16. The van der Waals surface area contributed by atoms with Crippen molar-refractivity contribution in [2.45, 2.75) is 12.6 Å². The van der Waals surface area contributed by atoms with Gasteiger partial charge in [0, 0.05) is 35.9 Å². The molecule has 172 valence electrons. The molecule has 4 N–H and O–H groups in total. The Balaban J connectivity index is 1.38. The Morgan fingerprint density at radius 2 is 1.88 bits per heavy atom. The Hall–Kier alpha value is -3.70. The van der Waals surface area contributed by atoms with Crippen LogP contribution in [-0.4, -0.2) is 54.7 Å². The zero-order chi connectivity index (χ0) is 23.5. The molecule has 9 nitrogen and oxygen atoms in total. The number of hydrogen-bond donors (Lipinski definition) is 4. The fourth-order valence-corrected chi connectivity index (χ4v) is 4.46. The van der Waals surface area contributed by atoms with E-state index in [2.05, 4.69) is 20.6 Å². The van der Waals surface area contributed by atoms with E-state index in [1.165, 1.54) is 17.5 Å². The predicted octanol–water partition coefficient (Wildman–Crippen LogP) is 2.70. The zero-order valence-electron chi connectivity index (χ0n) is 18.0. The van der Waals surface area contributed by atoms with Crippen molar-refractivity contribution in [1.29, 1.82) is 0 Å². The highest BCUT2D eigenvalue weighted by molar-refractivity contribution is 7.15. The molecule has 0 saturated carbocycles. The summed E-state index contributed by atoms with van der Waals surface area (Å²) in [5.74, 6) is -0.348. The number of carbonyl (C=O) groups excluding carboxylic acids is 1. The standard InChI is InChI=1S/C24H22N6O3S/c31-13-16(32)10-25-9-15-14-34-24-29-22(12-30(15)24)17-5-1-2-6-18(17)28-23(33)21-11-26-19-7-3-4-8-20(19)27-21/h1-8,11-12,14,16,25,31-32H,9-10,13H2,(H,28,33). The third kappa shape index (κ3) is 4.52. The van der Waals surface area contributed by atoms with Gasteiger partial charge in [-0.3, -0.25) is 14.2 Å². The number of carbonyl (C=O) groups is 1. The van der Waals surface area contributed by atoms with E-state index in [9.17, 15) is 9.90 Å². The molecule has 10 heteroatoms. The molecule has 1 amide bonds. The third-order valence-corrected chi connectivity index (χ3v) is 6.20. The van der Waals surface area contributed by atoms with E-state index in [1.807, 2.05) is 64.5 Å². The SMILES string of the molecule is O=C(Nc1ccccc1-c1cn2c(CNCC(O)CO)csc2n1)c1cnc2ccccc2n1. The van der Waals surface area contributed by atoms with Crippen LogP contribution in [0.2, 0.25) is 0 Å². The summed E-state index contributed by atoms with van der Waals surface area (Å²) in [7, 11) is 0. The Bertz CT molecular complexity index is 1460. The van der Waals surface area contributed by atoms with Gasteiger partial charge < -0.3 is 20.8 Å². The van der Waals surface area contributed by atoms with Gasteiger partial charge in [0.05, 0.1) is 41.3 Å². The molecule has 2 aromatic carbocycles. The van der Waals surface area contributed by atoms with Crippen LogP contribution >= 0.6 is 11.3 Å². The summed E-state index contributed by atoms with van der Waals surface area (Å²) in [6.07, 6.45) is 2.60. The number of amides is 1. The summed E-state index contributed by atoms with van der Waals surface area (Å²) in [6.45, 7) is 0.530. The molecule has 5 rings (SSSR count). The molecule has 1 unspecified atom stereocenters. The van der Waals surface area contributed by atoms with E-state index in [4.69, 9.17) is 10.1 Å². The first kappa shape index (κ1) is 22.1. The minimum Gasteiger partial charge on any atom is -0.394 e. The van der Waals surface area contributed by atoms with Gasteiger partial charge in [0.25, 0.3) is 5.91 Å². The van der Waals surface area contributed by atoms with Crippen molar-refractivity contribution in [3.63, 3.8) is 0 Å². The highest BCUT2D eigenvalue weighted by atomic mass is 32.1. The quantitative estimate of drug-likeness (QED) is 0.273. The van der Waals surface area contributed by atoms with Crippen molar-refractivity contribution in [1.82, 2.24) is 24.7 Å². The number of para-hydroxylation sites is 3. The van der Waals surface area contributed by atoms with Crippen LogP contribution < -0.4 is 10.6 Å². The monoisotopic (exact) mass is 474 g/mol. The first-order chi connectivity index (χ1) is 16.6. The minimum atomic E-state index is -0.796. The van der Waals surface area contributed by atoms with E-state index in [0.29, 0.717) is 24.3 Å². The van der Waals surface area contributed by atoms with Gasteiger partial charge >= 0.3 is 0 Å². The molecule has 3 aromatic heterocycles. The number of hydrogen-bond acceptors (Lipinski definition) is 8. The van der Waals surface area contributed by atoms with Gasteiger partial charge in [-0.2, -0.15) is 0 Å². The van der Waals surface area contributed by atoms with Gasteiger partial charge in [-0.05, 0) is 18.2 Å². The summed E-state index contributed by atoms with van der Waals surface area (Å²) < 4.78 is 1.98. The number of nitrogens with zero attached hydrogens (tertiary/aromatic N) is 4. The molecular formula is C24H22N6O3S. The Morgan fingerprint density at radius 1 is 1.09 bits per heavy atom. The van der Waals surface area contributed by atoms with Crippen LogP contribution in [0.4, 0.5) is 5.69 Å². The van der Waals surface area contributed by atoms with Gasteiger partial charge in [-0.15, -0.1) is 11.3 Å². The van der Waals surface area contributed by atoms with E-state index in [-0.39, 0.29) is 18.2 Å². The van der Waals surface area contributed by atoms with Gasteiger partial charge in [0.15, 0.2) is 4.96 Å². The van der Waals surface area contributed by atoms with Crippen molar-refractivity contribution in [3.8, 4) is 11.3 Å². The minimum absolute atomic E-state index is 0.234. The summed E-state index contributed by atoms with van der Waals surface area (Å²) in [5, 5.41) is 26.5. The van der Waals surface area contributed by atoms with E-state index in [1.54, 1.807) is 0 Å². The number of aliphatic hydroxyl groups is 2. The van der Waals surface area contributed by atoms with Gasteiger partial charge in [0.1, 0.15) is 5.69 Å². The van der Waals surface area contributed by atoms with Crippen LogP contribution in [0.1, 0.15) is 16.2 Å². The molecular weight excluding hydrogens is 452 g/mol. The lowest BCUT2D eigenvalue weighted by molar-refractivity contribution is 0.0941. The van der Waals surface area contributed by atoms with Gasteiger partial charge in [-0.1, -0.05) is 30.3 Å².